The van der Waals surface area contributed by atoms with Crippen LogP contribution >= 0.6 is 0 Å². The molecule has 8 heteroatoms. The molecule has 2 saturated heterocycles. The van der Waals surface area contributed by atoms with Crippen LogP contribution in [-0.4, -0.2) is 71.4 Å². The van der Waals surface area contributed by atoms with Gasteiger partial charge in [-0.05, 0) is 70.9 Å². The molecule has 2 amide bonds. The zero-order valence-corrected chi connectivity index (χ0v) is 19.3. The highest BCUT2D eigenvalue weighted by atomic mass is 19.1. The third kappa shape index (κ3) is 6.82. The van der Waals surface area contributed by atoms with Crippen LogP contribution in [0.2, 0.25) is 0 Å². The smallest absolute Gasteiger partial charge is 0.410 e. The molecule has 1 aromatic carbocycles. The average Bonchev–Trinajstić information content (AvgIpc) is 3.16. The number of β-amino-alcohol motifs (C(OH)–C–C–N with tert-alkyl or cyclic N) is 1. The van der Waals surface area contributed by atoms with Crippen molar-refractivity contribution < 1.29 is 28.6 Å². The zero-order valence-electron chi connectivity index (χ0n) is 19.3. The van der Waals surface area contributed by atoms with Crippen LogP contribution in [0.1, 0.15) is 63.2 Å². The number of hydrogen-bond acceptors (Lipinski definition) is 5. The van der Waals surface area contributed by atoms with E-state index in [1.54, 1.807) is 11.0 Å². The molecule has 0 aromatic heterocycles. The highest BCUT2D eigenvalue weighted by Crippen LogP contribution is 2.24. The number of hydrogen-bond donors (Lipinski definition) is 1. The summed E-state index contributed by atoms with van der Waals surface area (Å²) < 4.78 is 25.5. The predicted molar refractivity (Wildman–Crippen MR) is 118 cm³/mol. The third-order valence-electron chi connectivity index (χ3n) is 5.91. The predicted octanol–water partition coefficient (Wildman–Crippen LogP) is 3.84. The fourth-order valence-electron chi connectivity index (χ4n) is 4.15. The minimum absolute atomic E-state index is 0.00296. The minimum Gasteiger partial charge on any atom is -0.493 e. The normalized spacial score (nSPS) is 19.8. The molecular formula is C24H35FN2O5. The Hall–Kier alpha value is -2.35. The summed E-state index contributed by atoms with van der Waals surface area (Å²) in [6, 6.07) is 4.31. The van der Waals surface area contributed by atoms with E-state index in [9.17, 15) is 19.1 Å². The van der Waals surface area contributed by atoms with Crippen LogP contribution in [0.15, 0.2) is 18.2 Å². The molecule has 32 heavy (non-hydrogen) atoms. The van der Waals surface area contributed by atoms with Gasteiger partial charge in [0.2, 0.25) is 0 Å². The maximum absolute atomic E-state index is 14.4. The van der Waals surface area contributed by atoms with Gasteiger partial charge in [0.1, 0.15) is 17.2 Å². The van der Waals surface area contributed by atoms with E-state index in [1.807, 2.05) is 20.8 Å². The highest BCUT2D eigenvalue weighted by molar-refractivity contribution is 5.94. The molecule has 0 radical (unpaired) electrons. The van der Waals surface area contributed by atoms with Crippen molar-refractivity contribution in [2.75, 3.05) is 32.8 Å². The molecule has 1 aromatic rings. The van der Waals surface area contributed by atoms with E-state index in [0.29, 0.717) is 44.3 Å². The van der Waals surface area contributed by atoms with E-state index in [0.717, 1.165) is 25.7 Å². The molecule has 2 fully saturated rings. The van der Waals surface area contributed by atoms with Crippen LogP contribution in [0.4, 0.5) is 9.18 Å². The first-order valence-electron chi connectivity index (χ1n) is 11.5. The van der Waals surface area contributed by atoms with E-state index >= 15 is 0 Å². The molecule has 0 saturated carbocycles. The second-order valence-electron chi connectivity index (χ2n) is 9.74. The van der Waals surface area contributed by atoms with Crippen molar-refractivity contribution in [1.29, 1.82) is 0 Å². The second-order valence-corrected chi connectivity index (χ2v) is 9.74. The fraction of sp³-hybridized carbons (Fsp3) is 0.667. The number of aliphatic hydroxyl groups is 1. The molecule has 3 rings (SSSR count). The first-order valence-corrected chi connectivity index (χ1v) is 11.5. The number of carbonyl (C=O) groups is 2. The summed E-state index contributed by atoms with van der Waals surface area (Å²) in [4.78, 5) is 27.8. The first-order chi connectivity index (χ1) is 15.1. The number of likely N-dealkylation sites (tertiary alicyclic amines) is 2. The van der Waals surface area contributed by atoms with Crippen molar-refractivity contribution >= 4 is 12.0 Å². The van der Waals surface area contributed by atoms with E-state index < -0.39 is 23.4 Å². The quantitative estimate of drug-likeness (QED) is 0.667. The van der Waals surface area contributed by atoms with Crippen LogP contribution in [0, 0.1) is 11.7 Å². The summed E-state index contributed by atoms with van der Waals surface area (Å²) in [6.07, 6.45) is 3.45. The van der Waals surface area contributed by atoms with Crippen molar-refractivity contribution in [3.05, 3.63) is 29.6 Å². The Morgan fingerprint density at radius 1 is 1.12 bits per heavy atom. The lowest BCUT2D eigenvalue weighted by Crippen LogP contribution is -2.41. The van der Waals surface area contributed by atoms with Gasteiger partial charge in [-0.1, -0.05) is 0 Å². The second kappa shape index (κ2) is 10.5. The fourth-order valence-corrected chi connectivity index (χ4v) is 4.15. The molecule has 2 heterocycles. The molecular weight excluding hydrogens is 415 g/mol. The summed E-state index contributed by atoms with van der Waals surface area (Å²) in [5.74, 6) is -0.0724. The Balaban J connectivity index is 1.37. The van der Waals surface area contributed by atoms with Gasteiger partial charge < -0.3 is 24.4 Å². The van der Waals surface area contributed by atoms with Gasteiger partial charge >= 0.3 is 6.09 Å². The number of aliphatic hydroxyl groups excluding tert-OH is 1. The Morgan fingerprint density at radius 3 is 2.41 bits per heavy atom. The van der Waals surface area contributed by atoms with Crippen LogP contribution in [0.3, 0.4) is 0 Å². The topological polar surface area (TPSA) is 79.3 Å². The molecule has 0 spiro atoms. The maximum atomic E-state index is 14.4. The SMILES string of the molecule is CC(C)(C)OC(=O)N1CCC(CCCOc2ccc(C(=O)N3CC[C@H](O)C3)c(F)c2)CC1. The number of rotatable bonds is 6. The molecule has 2 aliphatic heterocycles. The van der Waals surface area contributed by atoms with Crippen LogP contribution < -0.4 is 4.74 Å². The van der Waals surface area contributed by atoms with E-state index in [4.69, 9.17) is 9.47 Å². The summed E-state index contributed by atoms with van der Waals surface area (Å²) in [5, 5.41) is 9.57. The summed E-state index contributed by atoms with van der Waals surface area (Å²) in [6.45, 7) is 8.17. The standard InChI is InChI=1S/C24H35FN2O5/c1-24(2,3)32-23(30)26-11-8-17(9-12-26)5-4-14-31-19-6-7-20(21(25)15-19)22(29)27-13-10-18(28)16-27/h6-7,15,17-18,28H,4-5,8-14,16H2,1-3H3/t18-/m0/s1. The van der Waals surface area contributed by atoms with Crippen LogP contribution in [0.5, 0.6) is 5.75 Å². The molecule has 7 nitrogen and oxygen atoms in total. The van der Waals surface area contributed by atoms with Gasteiger partial charge in [0.05, 0.1) is 18.3 Å². The number of nitrogens with zero attached hydrogens (tertiary/aromatic N) is 2. The Bertz CT molecular complexity index is 802. The Morgan fingerprint density at radius 2 is 1.81 bits per heavy atom. The highest BCUT2D eigenvalue weighted by Gasteiger charge is 2.28. The molecule has 2 aliphatic rings. The lowest BCUT2D eigenvalue weighted by Gasteiger charge is -2.33. The van der Waals surface area contributed by atoms with E-state index in [2.05, 4.69) is 0 Å². The van der Waals surface area contributed by atoms with Crippen molar-refractivity contribution in [3.63, 3.8) is 0 Å². The molecule has 178 valence electrons. The number of halogens is 1. The number of ether oxygens (including phenoxy) is 2. The number of amides is 2. The van der Waals surface area contributed by atoms with Gasteiger partial charge in [0, 0.05) is 32.2 Å². The van der Waals surface area contributed by atoms with Crippen molar-refractivity contribution in [2.24, 2.45) is 5.92 Å². The number of carbonyl (C=O) groups excluding carboxylic acids is 2. The van der Waals surface area contributed by atoms with Gasteiger partial charge in [0.25, 0.3) is 5.91 Å². The van der Waals surface area contributed by atoms with Crippen LogP contribution in [-0.2, 0) is 4.74 Å². The third-order valence-corrected chi connectivity index (χ3v) is 5.91. The van der Waals surface area contributed by atoms with Crippen molar-refractivity contribution in [2.45, 2.75) is 64.6 Å². The Kier molecular flexibility index (Phi) is 7.98. The van der Waals surface area contributed by atoms with E-state index in [1.165, 1.54) is 17.0 Å². The molecule has 0 bridgehead atoms. The largest absolute Gasteiger partial charge is 0.493 e. The minimum atomic E-state index is -0.608. The number of piperidine rings is 1. The first kappa shape index (κ1) is 24.3. The van der Waals surface area contributed by atoms with Gasteiger partial charge in [-0.3, -0.25) is 4.79 Å². The van der Waals surface area contributed by atoms with E-state index in [-0.39, 0.29) is 18.2 Å². The van der Waals surface area contributed by atoms with Gasteiger partial charge in [0.15, 0.2) is 0 Å². The lowest BCUT2D eigenvalue weighted by atomic mass is 9.92. The van der Waals surface area contributed by atoms with Gasteiger partial charge in [-0.2, -0.15) is 0 Å². The zero-order chi connectivity index (χ0) is 23.3. The molecule has 0 unspecified atom stereocenters. The Labute approximate surface area is 189 Å². The number of benzene rings is 1. The summed E-state index contributed by atoms with van der Waals surface area (Å²) >= 11 is 0. The van der Waals surface area contributed by atoms with Crippen molar-refractivity contribution in [3.8, 4) is 5.75 Å². The monoisotopic (exact) mass is 450 g/mol. The lowest BCUT2D eigenvalue weighted by molar-refractivity contribution is 0.0179. The summed E-state index contributed by atoms with van der Waals surface area (Å²) in [7, 11) is 0. The van der Waals surface area contributed by atoms with Crippen molar-refractivity contribution in [1.82, 2.24) is 9.80 Å². The average molecular weight is 451 g/mol. The molecule has 1 atom stereocenters. The molecule has 0 aliphatic carbocycles. The maximum Gasteiger partial charge on any atom is 0.410 e. The van der Waals surface area contributed by atoms with Crippen LogP contribution in [0.25, 0.3) is 0 Å². The molecule has 1 N–H and O–H groups in total. The summed E-state index contributed by atoms with van der Waals surface area (Å²) in [5.41, 5.74) is -0.476. The van der Waals surface area contributed by atoms with Gasteiger partial charge in [-0.25, -0.2) is 9.18 Å². The van der Waals surface area contributed by atoms with Gasteiger partial charge in [-0.15, -0.1) is 0 Å².